The van der Waals surface area contributed by atoms with Crippen LogP contribution in [0, 0.1) is 5.92 Å². The lowest BCUT2D eigenvalue weighted by Crippen LogP contribution is -2.11. The zero-order chi connectivity index (χ0) is 11.6. The summed E-state index contributed by atoms with van der Waals surface area (Å²) < 4.78 is 8.88. The van der Waals surface area contributed by atoms with Crippen LogP contribution in [0.25, 0.3) is 0 Å². The van der Waals surface area contributed by atoms with Crippen LogP contribution in [-0.2, 0) is 4.57 Å². The minimum atomic E-state index is -4.64. The Balaban J connectivity index is 0. The molecule has 0 atom stereocenters. The highest BCUT2D eigenvalue weighted by Crippen LogP contribution is 2.25. The molecule has 0 saturated heterocycles. The van der Waals surface area contributed by atoms with Crippen LogP contribution in [0.3, 0.4) is 0 Å². The van der Waals surface area contributed by atoms with E-state index in [9.17, 15) is 0 Å². The zero-order valence-electron chi connectivity index (χ0n) is 7.65. The summed E-state index contributed by atoms with van der Waals surface area (Å²) in [7, 11) is -4.64. The van der Waals surface area contributed by atoms with Crippen molar-refractivity contribution in [3.05, 3.63) is 0 Å². The van der Waals surface area contributed by atoms with Crippen molar-refractivity contribution in [2.24, 2.45) is 5.92 Å². The van der Waals surface area contributed by atoms with E-state index in [0.717, 1.165) is 0 Å². The van der Waals surface area contributed by atoms with E-state index in [4.69, 9.17) is 34.6 Å². The van der Waals surface area contributed by atoms with Gasteiger partial charge in [0.05, 0.1) is 0 Å². The first-order valence-electron chi connectivity index (χ1n) is 3.96. The van der Waals surface area contributed by atoms with Crippen molar-refractivity contribution in [3.63, 3.8) is 0 Å². The summed E-state index contributed by atoms with van der Waals surface area (Å²) in [6.45, 7) is 0.156. The summed E-state index contributed by atoms with van der Waals surface area (Å²) in [5.41, 5.74) is 0. The monoisotopic (exact) mass is 232 g/mol. The second kappa shape index (κ2) is 9.54. The summed E-state index contributed by atoms with van der Waals surface area (Å²) in [5.74, 6) is -0.0443. The summed E-state index contributed by atoms with van der Waals surface area (Å²) in [4.78, 5) is 21.6. The molecule has 0 aromatic rings. The van der Waals surface area contributed by atoms with E-state index < -0.39 is 7.82 Å². The number of hydrogen-bond acceptors (Lipinski definition) is 4. The topological polar surface area (TPSA) is 138 Å². The Hall–Kier alpha value is -0.0100. The summed E-state index contributed by atoms with van der Waals surface area (Å²) in [6.07, 6.45) is 1.36. The fourth-order valence-electron chi connectivity index (χ4n) is 0.620. The molecule has 0 fully saturated rings. The molecule has 0 unspecified atom stereocenters. The molecule has 0 aromatic heterocycles. The molecule has 0 bridgehead atoms. The van der Waals surface area contributed by atoms with Crippen molar-refractivity contribution < 1.29 is 34.6 Å². The average Bonchev–Trinajstić information content (AvgIpc) is 2.04. The average molecular weight is 232 g/mol. The third-order valence-electron chi connectivity index (χ3n) is 1.29. The van der Waals surface area contributed by atoms with E-state index in [0.29, 0.717) is 12.8 Å². The third kappa shape index (κ3) is 22.7. The van der Waals surface area contributed by atoms with E-state index in [1.54, 1.807) is 0 Å². The summed E-state index contributed by atoms with van der Waals surface area (Å²) in [6, 6.07) is 0. The van der Waals surface area contributed by atoms with Gasteiger partial charge in [-0.25, -0.2) is 4.57 Å². The molecular formula is C6H17O7P. The third-order valence-corrected chi connectivity index (χ3v) is 1.29. The molecule has 0 heterocycles. The van der Waals surface area contributed by atoms with Crippen molar-refractivity contribution >= 4 is 7.82 Å². The molecule has 7 nitrogen and oxygen atoms in total. The van der Waals surface area contributed by atoms with Crippen molar-refractivity contribution in [2.75, 3.05) is 19.8 Å². The maximum Gasteiger partial charge on any atom is 0.466 e. The molecule has 0 aliphatic rings. The molecule has 0 aliphatic carbocycles. The maximum atomic E-state index is 8.88. The van der Waals surface area contributed by atoms with Gasteiger partial charge in [0.15, 0.2) is 0 Å². The van der Waals surface area contributed by atoms with Crippen LogP contribution in [0.4, 0.5) is 0 Å². The van der Waals surface area contributed by atoms with Gasteiger partial charge in [0.2, 0.25) is 0 Å². The molecule has 0 spiro atoms. The van der Waals surface area contributed by atoms with Crippen molar-refractivity contribution in [1.29, 1.82) is 0 Å². The molecule has 88 valence electrons. The number of rotatable bonds is 5. The van der Waals surface area contributed by atoms with Gasteiger partial charge in [-0.1, -0.05) is 0 Å². The van der Waals surface area contributed by atoms with E-state index in [1.807, 2.05) is 0 Å². The van der Waals surface area contributed by atoms with Gasteiger partial charge in [0, 0.05) is 25.7 Å². The van der Waals surface area contributed by atoms with Gasteiger partial charge in [0.25, 0.3) is 0 Å². The lowest BCUT2D eigenvalue weighted by Gasteiger charge is -2.07. The Kier molecular flexibility index (Phi) is 11.2. The van der Waals surface area contributed by atoms with Crippen LogP contribution in [0.1, 0.15) is 12.8 Å². The maximum absolute atomic E-state index is 8.88. The Labute approximate surface area is 81.9 Å². The molecule has 8 heteroatoms. The normalized spacial score (nSPS) is 11.1. The molecule has 0 saturated carbocycles. The zero-order valence-corrected chi connectivity index (χ0v) is 8.55. The molecular weight excluding hydrogens is 215 g/mol. The first kappa shape index (κ1) is 16.4. The lowest BCUT2D eigenvalue weighted by molar-refractivity contribution is 0.136. The van der Waals surface area contributed by atoms with Gasteiger partial charge in [-0.3, -0.25) is 0 Å². The smallest absolute Gasteiger partial charge is 0.396 e. The first-order chi connectivity index (χ1) is 6.35. The van der Waals surface area contributed by atoms with Crippen LogP contribution in [0.15, 0.2) is 0 Å². The minimum absolute atomic E-state index is 0.0104. The lowest BCUT2D eigenvalue weighted by atomic mass is 10.1. The Morgan fingerprint density at radius 3 is 1.57 bits per heavy atom. The molecule has 0 radical (unpaired) electrons. The second-order valence-electron chi connectivity index (χ2n) is 2.61. The molecule has 0 amide bonds. The number of hydrogen-bond donors (Lipinski definition) is 6. The van der Waals surface area contributed by atoms with Crippen molar-refractivity contribution in [2.45, 2.75) is 12.8 Å². The number of aliphatic hydroxyl groups is 3. The molecule has 0 rings (SSSR count). The summed E-state index contributed by atoms with van der Waals surface area (Å²) >= 11 is 0. The first-order valence-corrected chi connectivity index (χ1v) is 5.52. The highest BCUT2D eigenvalue weighted by Gasteiger charge is 2.03. The highest BCUT2D eigenvalue weighted by molar-refractivity contribution is 7.45. The van der Waals surface area contributed by atoms with Gasteiger partial charge < -0.3 is 30.0 Å². The van der Waals surface area contributed by atoms with Crippen LogP contribution < -0.4 is 0 Å². The predicted molar refractivity (Wildman–Crippen MR) is 48.2 cm³/mol. The standard InChI is InChI=1S/C6H14O3.H3O4P/c7-3-1-2-6(4-8)5-9;1-5(2,3)4/h6-9H,1-5H2;(H3,1,2,3,4). The van der Waals surface area contributed by atoms with Crippen molar-refractivity contribution in [3.8, 4) is 0 Å². The summed E-state index contributed by atoms with van der Waals surface area (Å²) in [5, 5.41) is 25.4. The van der Waals surface area contributed by atoms with Gasteiger partial charge in [-0.05, 0) is 12.8 Å². The van der Waals surface area contributed by atoms with E-state index in [-0.39, 0.29) is 25.7 Å². The van der Waals surface area contributed by atoms with Crippen LogP contribution in [0.5, 0.6) is 0 Å². The number of phosphoric acid groups is 1. The Bertz CT molecular complexity index is 144. The number of aliphatic hydroxyl groups excluding tert-OH is 3. The van der Waals surface area contributed by atoms with Gasteiger partial charge >= 0.3 is 7.82 Å². The van der Waals surface area contributed by atoms with E-state index >= 15 is 0 Å². The SMILES string of the molecule is O=P(O)(O)O.OCCCC(CO)CO. The van der Waals surface area contributed by atoms with E-state index in [1.165, 1.54) is 0 Å². The van der Waals surface area contributed by atoms with E-state index in [2.05, 4.69) is 0 Å². The molecule has 0 aliphatic heterocycles. The Morgan fingerprint density at radius 2 is 1.36 bits per heavy atom. The molecule has 14 heavy (non-hydrogen) atoms. The van der Waals surface area contributed by atoms with Crippen LogP contribution in [-0.4, -0.2) is 49.8 Å². The van der Waals surface area contributed by atoms with Gasteiger partial charge in [0.1, 0.15) is 0 Å². The fourth-order valence-corrected chi connectivity index (χ4v) is 0.620. The largest absolute Gasteiger partial charge is 0.466 e. The molecule has 6 N–H and O–H groups in total. The van der Waals surface area contributed by atoms with Crippen LogP contribution >= 0.6 is 7.82 Å². The Morgan fingerprint density at radius 1 is 1.00 bits per heavy atom. The quantitative estimate of drug-likeness (QED) is 0.315. The van der Waals surface area contributed by atoms with Gasteiger partial charge in [-0.15, -0.1) is 0 Å². The highest BCUT2D eigenvalue weighted by atomic mass is 31.2. The van der Waals surface area contributed by atoms with Gasteiger partial charge in [-0.2, -0.15) is 0 Å². The molecule has 0 aromatic carbocycles. The fraction of sp³-hybridized carbons (Fsp3) is 1.00. The van der Waals surface area contributed by atoms with Crippen LogP contribution in [0.2, 0.25) is 0 Å². The van der Waals surface area contributed by atoms with Crippen molar-refractivity contribution in [1.82, 2.24) is 0 Å². The minimum Gasteiger partial charge on any atom is -0.396 e. The second-order valence-corrected chi connectivity index (χ2v) is 3.64. The predicted octanol–water partition coefficient (Wildman–Crippen LogP) is -1.57.